The summed E-state index contributed by atoms with van der Waals surface area (Å²) in [6.07, 6.45) is 2.23. The molecular weight excluding hydrogens is 466 g/mol. The molecule has 7 heteroatoms. The molecule has 2 aromatic carbocycles. The van der Waals surface area contributed by atoms with E-state index in [1.54, 1.807) is 0 Å². The predicted molar refractivity (Wildman–Crippen MR) is 120 cm³/mol. The minimum Gasteiger partial charge on any atom is -1.00 e. The van der Waals surface area contributed by atoms with Crippen molar-refractivity contribution in [2.45, 2.75) is 25.4 Å². The van der Waals surface area contributed by atoms with Crippen molar-refractivity contribution in [3.05, 3.63) is 64.3 Å². The maximum atomic E-state index is 12.6. The Bertz CT molecular complexity index is 1010. The van der Waals surface area contributed by atoms with Crippen molar-refractivity contribution in [3.63, 3.8) is 0 Å². The number of anilines is 1. The highest BCUT2D eigenvalue weighted by molar-refractivity contribution is 9.10. The van der Waals surface area contributed by atoms with Crippen LogP contribution in [-0.4, -0.2) is 48.7 Å². The quantitative estimate of drug-likeness (QED) is 0.535. The number of quaternary nitrogens is 1. The van der Waals surface area contributed by atoms with Crippen molar-refractivity contribution < 1.29 is 26.4 Å². The van der Waals surface area contributed by atoms with Crippen molar-refractivity contribution in [1.82, 2.24) is 4.98 Å². The van der Waals surface area contributed by atoms with Crippen molar-refractivity contribution >= 4 is 38.4 Å². The largest absolute Gasteiger partial charge is 1.00 e. The zero-order valence-electron chi connectivity index (χ0n) is 17.3. The monoisotopic (exact) mass is 491 g/mol. The lowest BCUT2D eigenvalue weighted by atomic mass is 10.0. The molecule has 160 valence electrons. The molecule has 1 aliphatic rings. The lowest BCUT2D eigenvalue weighted by Gasteiger charge is -2.40. The number of carbonyl (C=O) groups is 1. The van der Waals surface area contributed by atoms with E-state index in [-0.39, 0.29) is 18.3 Å². The van der Waals surface area contributed by atoms with Crippen LogP contribution in [0.2, 0.25) is 0 Å². The van der Waals surface area contributed by atoms with Gasteiger partial charge in [-0.2, -0.15) is 0 Å². The molecule has 0 aliphatic carbocycles. The Kier molecular flexibility index (Phi) is 7.24. The Morgan fingerprint density at radius 1 is 1.13 bits per heavy atom. The van der Waals surface area contributed by atoms with Crippen LogP contribution in [0.25, 0.3) is 10.9 Å². The summed E-state index contributed by atoms with van der Waals surface area (Å²) in [5.74, 6) is -0.136. The average Bonchev–Trinajstić information content (AvgIpc) is 3.13. The molecule has 2 heterocycles. The summed E-state index contributed by atoms with van der Waals surface area (Å²) in [5.41, 5.74) is 3.58. The molecule has 0 saturated carbocycles. The predicted octanol–water partition coefficient (Wildman–Crippen LogP) is 1.94. The zero-order chi connectivity index (χ0) is 20.4. The molecule has 0 unspecified atom stereocenters. The van der Waals surface area contributed by atoms with Crippen LogP contribution in [0.5, 0.6) is 0 Å². The first-order valence-electron chi connectivity index (χ1n) is 10.00. The molecule has 0 atom stereocenters. The van der Waals surface area contributed by atoms with Crippen LogP contribution >= 0.6 is 15.9 Å². The minimum absolute atomic E-state index is 0. The topological polar surface area (TPSA) is 54.1 Å². The van der Waals surface area contributed by atoms with E-state index in [0.717, 1.165) is 58.1 Å². The van der Waals surface area contributed by atoms with Crippen LogP contribution in [0.4, 0.5) is 5.69 Å². The fraction of sp³-hybridized carbons (Fsp3) is 0.348. The Hall–Kier alpha value is -1.86. The van der Waals surface area contributed by atoms with E-state index >= 15 is 0 Å². The highest BCUT2D eigenvalue weighted by Gasteiger charge is 2.30. The number of aromatic amines is 1. The summed E-state index contributed by atoms with van der Waals surface area (Å²) in [6, 6.07) is 16.6. The van der Waals surface area contributed by atoms with Gasteiger partial charge in [0.25, 0.3) is 5.91 Å². The van der Waals surface area contributed by atoms with Gasteiger partial charge in [-0.05, 0) is 36.4 Å². The number of hydrogen-bond acceptors (Lipinski definition) is 2. The highest BCUT2D eigenvalue weighted by Crippen LogP contribution is 2.24. The average molecular weight is 493 g/mol. The van der Waals surface area contributed by atoms with Gasteiger partial charge in [-0.1, -0.05) is 28.1 Å². The Balaban J connectivity index is 0.00000256. The summed E-state index contributed by atoms with van der Waals surface area (Å²) in [4.78, 5) is 15.8. The van der Waals surface area contributed by atoms with Gasteiger partial charge in [-0.25, -0.2) is 0 Å². The first-order valence-corrected chi connectivity index (χ1v) is 10.8. The third-order valence-electron chi connectivity index (χ3n) is 5.81. The molecule has 1 amide bonds. The van der Waals surface area contributed by atoms with Crippen LogP contribution in [0.15, 0.2) is 53.0 Å². The van der Waals surface area contributed by atoms with Crippen molar-refractivity contribution in [3.8, 4) is 0 Å². The lowest BCUT2D eigenvalue weighted by Crippen LogP contribution is -3.00. The maximum Gasteiger partial charge on any atom is 0.272 e. The third kappa shape index (κ3) is 5.24. The molecule has 5 nitrogen and oxygen atoms in total. The van der Waals surface area contributed by atoms with Gasteiger partial charge in [0.1, 0.15) is 12.2 Å². The van der Waals surface area contributed by atoms with Gasteiger partial charge in [0.05, 0.1) is 33.4 Å². The van der Waals surface area contributed by atoms with E-state index in [2.05, 4.69) is 52.5 Å². The number of aromatic nitrogens is 1. The van der Waals surface area contributed by atoms with Crippen LogP contribution in [0.1, 0.15) is 28.9 Å². The summed E-state index contributed by atoms with van der Waals surface area (Å²) >= 11 is 3.46. The van der Waals surface area contributed by atoms with Crippen LogP contribution in [0.3, 0.4) is 0 Å². The van der Waals surface area contributed by atoms with E-state index < -0.39 is 0 Å². The summed E-state index contributed by atoms with van der Waals surface area (Å²) in [7, 11) is 4.58. The molecule has 1 saturated heterocycles. The lowest BCUT2D eigenvalue weighted by molar-refractivity contribution is -0.929. The number of hydrogen-bond donors (Lipinski definition) is 2. The van der Waals surface area contributed by atoms with Gasteiger partial charge in [0.15, 0.2) is 0 Å². The van der Waals surface area contributed by atoms with E-state index in [9.17, 15) is 4.79 Å². The molecule has 30 heavy (non-hydrogen) atoms. The second-order valence-electron chi connectivity index (χ2n) is 8.35. The fourth-order valence-electron chi connectivity index (χ4n) is 4.10. The Labute approximate surface area is 191 Å². The fourth-order valence-corrected chi connectivity index (χ4v) is 4.48. The van der Waals surface area contributed by atoms with Gasteiger partial charge in [-0.15, -0.1) is 0 Å². The molecular formula is C23H27BrClN3O2. The van der Waals surface area contributed by atoms with Crippen molar-refractivity contribution in [2.24, 2.45) is 0 Å². The molecule has 3 aromatic rings. The number of carbonyl (C=O) groups excluding carboxylic acids is 1. The number of nitrogens with zero attached hydrogens (tertiary/aromatic N) is 1. The van der Waals surface area contributed by atoms with Crippen molar-refractivity contribution in [2.75, 3.05) is 32.6 Å². The number of halogens is 2. The number of benzene rings is 2. The first-order chi connectivity index (χ1) is 13.9. The molecule has 1 aromatic heterocycles. The van der Waals surface area contributed by atoms with E-state index in [1.807, 2.05) is 36.4 Å². The molecule has 0 bridgehead atoms. The Morgan fingerprint density at radius 2 is 1.83 bits per heavy atom. The first kappa shape index (κ1) is 22.8. The van der Waals surface area contributed by atoms with Gasteiger partial charge in [-0.3, -0.25) is 4.79 Å². The third-order valence-corrected chi connectivity index (χ3v) is 6.30. The smallest absolute Gasteiger partial charge is 0.272 e. The van der Waals surface area contributed by atoms with Gasteiger partial charge < -0.3 is 31.9 Å². The number of nitrogens with one attached hydrogen (secondary N) is 2. The van der Waals surface area contributed by atoms with Crippen molar-refractivity contribution in [1.29, 1.82) is 0 Å². The number of ether oxygens (including phenoxy) is 1. The molecule has 2 N–H and O–H groups in total. The summed E-state index contributed by atoms with van der Waals surface area (Å²) < 4.78 is 7.46. The molecule has 0 spiro atoms. The zero-order valence-corrected chi connectivity index (χ0v) is 19.6. The van der Waals surface area contributed by atoms with Gasteiger partial charge in [0, 0.05) is 39.5 Å². The second kappa shape index (κ2) is 9.52. The van der Waals surface area contributed by atoms with Gasteiger partial charge >= 0.3 is 0 Å². The standard InChI is InChI=1S/C23H26BrN3O2.ClH/c1-27(2,20-9-11-29-12-10-20)15-16-3-6-19(7-4-16)25-23(28)22-14-17-13-18(24)5-8-21(17)26-22;/h3-8,13-14,20H,9-12,15H2,1-2H3,(H-,25,26,28);1H. The van der Waals surface area contributed by atoms with E-state index in [0.29, 0.717) is 11.7 Å². The molecule has 1 aliphatic heterocycles. The normalized spacial score (nSPS) is 15.0. The number of amides is 1. The van der Waals surface area contributed by atoms with E-state index in [1.165, 1.54) is 5.56 Å². The maximum absolute atomic E-state index is 12.6. The molecule has 0 radical (unpaired) electrons. The number of rotatable bonds is 5. The van der Waals surface area contributed by atoms with Gasteiger partial charge in [0.2, 0.25) is 0 Å². The summed E-state index contributed by atoms with van der Waals surface area (Å²) in [6.45, 7) is 2.69. The van der Waals surface area contributed by atoms with Crippen LogP contribution < -0.4 is 17.7 Å². The van der Waals surface area contributed by atoms with E-state index in [4.69, 9.17) is 4.74 Å². The second-order valence-corrected chi connectivity index (χ2v) is 9.26. The number of fused-ring (bicyclic) bond motifs is 1. The van der Waals surface area contributed by atoms with Crippen LogP contribution in [-0.2, 0) is 11.3 Å². The molecule has 1 fully saturated rings. The highest BCUT2D eigenvalue weighted by atomic mass is 79.9. The SMILES string of the molecule is C[N+](C)(Cc1ccc(NC(=O)c2cc3cc(Br)ccc3[nH]2)cc1)C1CCOCC1.[Cl-]. The summed E-state index contributed by atoms with van der Waals surface area (Å²) in [5, 5.41) is 3.99. The molecule has 4 rings (SSSR count). The minimum atomic E-state index is -0.136. The Morgan fingerprint density at radius 3 is 2.53 bits per heavy atom. The van der Waals surface area contributed by atoms with Crippen LogP contribution in [0, 0.1) is 0 Å². The number of H-pyrrole nitrogens is 1.